The van der Waals surface area contributed by atoms with Gasteiger partial charge < -0.3 is 4.55 Å². The molecule has 0 amide bonds. The van der Waals surface area contributed by atoms with Crippen molar-refractivity contribution >= 4 is 60.3 Å². The number of thiazole rings is 1. The third kappa shape index (κ3) is 4.28. The summed E-state index contributed by atoms with van der Waals surface area (Å²) in [4.78, 5) is 1.27. The Balaban J connectivity index is 2.17. The Labute approximate surface area is 162 Å². The first-order valence-electron chi connectivity index (χ1n) is 8.45. The Kier molecular flexibility index (Phi) is 6.02. The number of rotatable bonds is 7. The van der Waals surface area contributed by atoms with Crippen molar-refractivity contribution < 1.29 is 17.5 Å². The molecule has 0 radical (unpaired) electrons. The first-order chi connectivity index (χ1) is 12.4. The Bertz CT molecular complexity index is 1060. The molecule has 2 aromatic carbocycles. The lowest BCUT2D eigenvalue weighted by Crippen LogP contribution is -2.36. The predicted molar refractivity (Wildman–Crippen MR) is 110 cm³/mol. The molecule has 4 nitrogen and oxygen atoms in total. The quantitative estimate of drug-likeness (QED) is 0.430. The van der Waals surface area contributed by atoms with Crippen LogP contribution in [0.1, 0.15) is 24.8 Å². The fourth-order valence-electron chi connectivity index (χ4n) is 3.05. The molecule has 0 bridgehead atoms. The van der Waals surface area contributed by atoms with E-state index >= 15 is 0 Å². The molecular weight excluding hydrogens is 386 g/mol. The molecule has 0 fully saturated rings. The first kappa shape index (κ1) is 19.4. The van der Waals surface area contributed by atoms with Gasteiger partial charge in [-0.05, 0) is 35.1 Å². The van der Waals surface area contributed by atoms with Gasteiger partial charge in [0.2, 0.25) is 5.52 Å². The summed E-state index contributed by atoms with van der Waals surface area (Å²) in [6, 6.07) is 12.4. The van der Waals surface area contributed by atoms with Gasteiger partial charge in [-0.2, -0.15) is 4.57 Å². The zero-order chi connectivity index (χ0) is 18.7. The second kappa shape index (κ2) is 8.08. The summed E-state index contributed by atoms with van der Waals surface area (Å²) in [5.74, 6) is -0.339. The largest absolute Gasteiger partial charge is 0.748 e. The molecule has 3 rings (SSSR count). The van der Waals surface area contributed by atoms with E-state index in [1.165, 1.54) is 4.91 Å². The van der Waals surface area contributed by atoms with E-state index in [-0.39, 0.29) is 5.75 Å². The average molecular weight is 408 g/mol. The van der Waals surface area contributed by atoms with Crippen LogP contribution in [0.5, 0.6) is 0 Å². The Morgan fingerprint density at radius 3 is 2.73 bits per heavy atom. The van der Waals surface area contributed by atoms with Crippen LogP contribution in [0.15, 0.2) is 41.3 Å². The zero-order valence-electron chi connectivity index (χ0n) is 14.8. The monoisotopic (exact) mass is 407 g/mol. The van der Waals surface area contributed by atoms with Gasteiger partial charge in [-0.1, -0.05) is 42.5 Å². The van der Waals surface area contributed by atoms with E-state index < -0.39 is 10.1 Å². The van der Waals surface area contributed by atoms with Crippen molar-refractivity contribution in [2.45, 2.75) is 26.3 Å². The number of allylic oxidation sites excluding steroid dienone is 1. The zero-order valence-corrected chi connectivity index (χ0v) is 17.2. The minimum atomic E-state index is -4.20. The number of hydrogen-bond acceptors (Lipinski definition) is 5. The summed E-state index contributed by atoms with van der Waals surface area (Å²) < 4.78 is 36.4. The van der Waals surface area contributed by atoms with Crippen LogP contribution in [0.4, 0.5) is 0 Å². The fraction of sp³-hybridized carbons (Fsp3) is 0.316. The smallest absolute Gasteiger partial charge is 0.263 e. The molecule has 0 saturated heterocycles. The molecule has 0 aliphatic carbocycles. The Hall–Kier alpha value is -1.41. The van der Waals surface area contributed by atoms with Gasteiger partial charge in [0.05, 0.1) is 15.5 Å². The lowest BCUT2D eigenvalue weighted by atomic mass is 10.1. The van der Waals surface area contributed by atoms with Crippen molar-refractivity contribution in [3.63, 3.8) is 0 Å². The van der Waals surface area contributed by atoms with E-state index in [1.807, 2.05) is 12.1 Å². The van der Waals surface area contributed by atoms with Crippen LogP contribution in [0.2, 0.25) is 0 Å². The second-order valence-corrected chi connectivity index (χ2v) is 9.53. The van der Waals surface area contributed by atoms with E-state index in [0.29, 0.717) is 13.0 Å². The normalized spacial score (nSPS) is 13.0. The van der Waals surface area contributed by atoms with Crippen LogP contribution in [0, 0.1) is 0 Å². The third-order valence-corrected chi connectivity index (χ3v) is 7.10. The van der Waals surface area contributed by atoms with Crippen molar-refractivity contribution in [1.29, 1.82) is 0 Å². The van der Waals surface area contributed by atoms with Crippen LogP contribution in [-0.2, 0) is 16.7 Å². The maximum absolute atomic E-state index is 11.0. The van der Waals surface area contributed by atoms with Gasteiger partial charge in [0.25, 0.3) is 5.01 Å². The molecule has 0 aliphatic heterocycles. The van der Waals surface area contributed by atoms with Gasteiger partial charge in [-0.25, -0.2) is 8.42 Å². The van der Waals surface area contributed by atoms with Crippen molar-refractivity contribution in [3.05, 3.63) is 46.3 Å². The van der Waals surface area contributed by atoms with Gasteiger partial charge in [0.1, 0.15) is 4.70 Å². The molecule has 26 heavy (non-hydrogen) atoms. The minimum Gasteiger partial charge on any atom is -0.748 e. The molecule has 1 aromatic heterocycles. The first-order valence-corrected chi connectivity index (χ1v) is 12.1. The van der Waals surface area contributed by atoms with Crippen LogP contribution < -0.4 is 4.57 Å². The van der Waals surface area contributed by atoms with Crippen LogP contribution in [0.25, 0.3) is 27.1 Å². The van der Waals surface area contributed by atoms with E-state index in [9.17, 15) is 13.0 Å². The van der Waals surface area contributed by atoms with Gasteiger partial charge in [0, 0.05) is 18.2 Å². The molecule has 0 aliphatic rings. The number of nitrogens with zero attached hydrogens (tertiary/aromatic N) is 1. The van der Waals surface area contributed by atoms with Crippen molar-refractivity contribution in [3.8, 4) is 0 Å². The predicted octanol–water partition coefficient (Wildman–Crippen LogP) is 4.39. The lowest BCUT2D eigenvalue weighted by Gasteiger charge is -2.05. The lowest BCUT2D eigenvalue weighted by molar-refractivity contribution is -0.667. The van der Waals surface area contributed by atoms with E-state index in [1.54, 1.807) is 23.1 Å². The Morgan fingerprint density at radius 2 is 2.04 bits per heavy atom. The summed E-state index contributed by atoms with van der Waals surface area (Å²) in [5.41, 5.74) is 1.11. The van der Waals surface area contributed by atoms with Gasteiger partial charge >= 0.3 is 0 Å². The highest BCUT2D eigenvalue weighted by Crippen LogP contribution is 2.30. The number of aryl methyl sites for hydroxylation is 1. The van der Waals surface area contributed by atoms with Crippen molar-refractivity contribution in [2.24, 2.45) is 0 Å². The van der Waals surface area contributed by atoms with Gasteiger partial charge in [-0.15, -0.1) is 11.8 Å². The number of fused-ring (bicyclic) bond motifs is 3. The summed E-state index contributed by atoms with van der Waals surface area (Å²) in [6.45, 7) is 2.63. The molecule has 0 N–H and O–H groups in total. The summed E-state index contributed by atoms with van der Waals surface area (Å²) >= 11 is 3.43. The highest BCUT2D eigenvalue weighted by atomic mass is 32.2. The molecule has 0 saturated carbocycles. The molecular formula is C19H21NO3S3. The Morgan fingerprint density at radius 1 is 1.27 bits per heavy atom. The van der Waals surface area contributed by atoms with Crippen LogP contribution >= 0.6 is 23.1 Å². The van der Waals surface area contributed by atoms with E-state index in [0.717, 1.165) is 32.4 Å². The molecule has 3 aromatic rings. The molecule has 0 spiro atoms. The molecule has 0 atom stereocenters. The summed E-state index contributed by atoms with van der Waals surface area (Å²) in [7, 11) is -4.20. The SMILES string of the molecule is CC/C(=C\c1sc2ccc3ccccc3c2[n+]1CCCS(=O)(=O)[O-])SC. The number of aromatic nitrogens is 1. The molecule has 1 heterocycles. The maximum Gasteiger partial charge on any atom is 0.263 e. The van der Waals surface area contributed by atoms with Gasteiger partial charge in [0.15, 0.2) is 6.54 Å². The van der Waals surface area contributed by atoms with Crippen LogP contribution in [0.3, 0.4) is 0 Å². The van der Waals surface area contributed by atoms with Gasteiger partial charge in [-0.3, -0.25) is 0 Å². The third-order valence-electron chi connectivity index (χ3n) is 4.29. The average Bonchev–Trinajstić information content (AvgIpc) is 2.96. The van der Waals surface area contributed by atoms with Crippen LogP contribution in [-0.4, -0.2) is 25.0 Å². The highest BCUT2D eigenvalue weighted by molar-refractivity contribution is 8.02. The molecule has 138 valence electrons. The topological polar surface area (TPSA) is 61.1 Å². The van der Waals surface area contributed by atoms with Crippen molar-refractivity contribution in [2.75, 3.05) is 12.0 Å². The fourth-order valence-corrected chi connectivity index (χ4v) is 5.29. The number of benzene rings is 2. The maximum atomic E-state index is 11.0. The van der Waals surface area contributed by atoms with E-state index in [4.69, 9.17) is 0 Å². The minimum absolute atomic E-state index is 0.313. The number of hydrogen-bond donors (Lipinski definition) is 0. The standard InChI is InChI=1S/C19H21NO3S3/c1-3-15(24-2)13-18-20(11-6-12-26(21,22)23)19-16-8-5-4-7-14(16)9-10-17(19)25-18/h4-5,7-10,13H,3,6,11-12H2,1-2H3/b15-13+. The molecule has 7 heteroatoms. The second-order valence-electron chi connectivity index (χ2n) is 6.01. The van der Waals surface area contributed by atoms with Crippen molar-refractivity contribution in [1.82, 2.24) is 0 Å². The molecule has 0 unspecified atom stereocenters. The number of thioether (sulfide) groups is 1. The summed E-state index contributed by atoms with van der Waals surface area (Å²) in [6.07, 6.45) is 5.50. The summed E-state index contributed by atoms with van der Waals surface area (Å²) in [5, 5.41) is 3.39. The van der Waals surface area contributed by atoms with E-state index in [2.05, 4.69) is 48.1 Å². The highest BCUT2D eigenvalue weighted by Gasteiger charge is 2.21.